The van der Waals surface area contributed by atoms with E-state index in [9.17, 15) is 4.79 Å². The van der Waals surface area contributed by atoms with Gasteiger partial charge in [-0.3, -0.25) is 0 Å². The van der Waals surface area contributed by atoms with Crippen LogP contribution >= 0.6 is 15.9 Å². The number of aldehydes is 1. The lowest BCUT2D eigenvalue weighted by Crippen LogP contribution is -1.62. The van der Waals surface area contributed by atoms with Crippen LogP contribution in [0.2, 0.25) is 0 Å². The maximum absolute atomic E-state index is 9.68. The molecule has 0 fully saturated rings. The number of carbonyl (C=O) groups is 1. The molecule has 0 rings (SSSR count). The highest BCUT2D eigenvalue weighted by atomic mass is 79.9. The number of halogens is 1. The summed E-state index contributed by atoms with van der Waals surface area (Å²) in [6.07, 6.45) is 6.76. The van der Waals surface area contributed by atoms with E-state index >= 15 is 0 Å². The van der Waals surface area contributed by atoms with Crippen LogP contribution in [0.25, 0.3) is 0 Å². The SMILES string of the molecule is O=CCC=CC=CBr. The molecule has 2 heteroatoms. The van der Waals surface area contributed by atoms with Crippen LogP contribution < -0.4 is 0 Å². The van der Waals surface area contributed by atoms with Crippen molar-refractivity contribution in [3.05, 3.63) is 23.2 Å². The van der Waals surface area contributed by atoms with Crippen LogP contribution in [0, 0.1) is 0 Å². The van der Waals surface area contributed by atoms with Crippen LogP contribution in [0.3, 0.4) is 0 Å². The molecule has 0 saturated carbocycles. The van der Waals surface area contributed by atoms with Gasteiger partial charge in [-0.15, -0.1) is 0 Å². The average Bonchev–Trinajstić information content (AvgIpc) is 1.81. The zero-order chi connectivity index (χ0) is 6.24. The van der Waals surface area contributed by atoms with Crippen molar-refractivity contribution in [2.75, 3.05) is 0 Å². The summed E-state index contributed by atoms with van der Waals surface area (Å²) in [4.78, 5) is 11.4. The minimum Gasteiger partial charge on any atom is -0.303 e. The predicted octanol–water partition coefficient (Wildman–Crippen LogP) is 2.04. The van der Waals surface area contributed by atoms with Crippen LogP contribution in [0.5, 0.6) is 0 Å². The van der Waals surface area contributed by atoms with Crippen LogP contribution in [-0.4, -0.2) is 6.29 Å². The number of carbonyl (C=O) groups excluding carboxylic acids is 1. The minimum absolute atomic E-state index is 0.497. The first-order valence-electron chi connectivity index (χ1n) is 2.27. The summed E-state index contributed by atoms with van der Waals surface area (Å²) in [5.74, 6) is 0. The topological polar surface area (TPSA) is 17.1 Å². The summed E-state index contributed by atoms with van der Waals surface area (Å²) in [5.41, 5.74) is 0. The van der Waals surface area contributed by atoms with Gasteiger partial charge in [0.2, 0.25) is 0 Å². The quantitative estimate of drug-likeness (QED) is 0.473. The van der Waals surface area contributed by atoms with E-state index in [1.165, 1.54) is 0 Å². The summed E-state index contributed by atoms with van der Waals surface area (Å²) in [6, 6.07) is 0. The highest BCUT2D eigenvalue weighted by molar-refractivity contribution is 9.11. The van der Waals surface area contributed by atoms with Gasteiger partial charge in [0, 0.05) is 6.42 Å². The Morgan fingerprint density at radius 2 is 2.12 bits per heavy atom. The van der Waals surface area contributed by atoms with E-state index in [4.69, 9.17) is 0 Å². The van der Waals surface area contributed by atoms with Crippen molar-refractivity contribution in [2.24, 2.45) is 0 Å². The number of hydrogen-bond acceptors (Lipinski definition) is 1. The van der Waals surface area contributed by atoms with Gasteiger partial charge in [-0.05, 0) is 4.99 Å². The second-order valence-electron chi connectivity index (χ2n) is 1.15. The molecule has 0 saturated heterocycles. The maximum atomic E-state index is 9.68. The fraction of sp³-hybridized carbons (Fsp3) is 0.167. The molecule has 0 heterocycles. The summed E-state index contributed by atoms with van der Waals surface area (Å²) in [7, 11) is 0. The third kappa shape index (κ3) is 5.63. The molecule has 0 aliphatic carbocycles. The molecule has 0 aromatic rings. The van der Waals surface area contributed by atoms with Crippen molar-refractivity contribution in [1.82, 2.24) is 0 Å². The molecule has 0 aromatic carbocycles. The van der Waals surface area contributed by atoms with Gasteiger partial charge in [-0.1, -0.05) is 34.2 Å². The van der Waals surface area contributed by atoms with Crippen molar-refractivity contribution in [1.29, 1.82) is 0 Å². The van der Waals surface area contributed by atoms with Crippen LogP contribution in [-0.2, 0) is 4.79 Å². The summed E-state index contributed by atoms with van der Waals surface area (Å²) < 4.78 is 0. The number of rotatable bonds is 3. The molecule has 0 aromatic heterocycles. The minimum atomic E-state index is 0.497. The van der Waals surface area contributed by atoms with E-state index in [0.29, 0.717) is 6.42 Å². The zero-order valence-electron chi connectivity index (χ0n) is 4.38. The molecule has 1 nitrogen and oxygen atoms in total. The predicted molar refractivity (Wildman–Crippen MR) is 37.9 cm³/mol. The van der Waals surface area contributed by atoms with E-state index in [2.05, 4.69) is 15.9 Å². The molecule has 0 bridgehead atoms. The Morgan fingerprint density at radius 3 is 2.62 bits per heavy atom. The largest absolute Gasteiger partial charge is 0.303 e. The molecule has 44 valence electrons. The highest BCUT2D eigenvalue weighted by Gasteiger charge is 1.66. The Balaban J connectivity index is 3.19. The highest BCUT2D eigenvalue weighted by Crippen LogP contribution is 1.84. The second-order valence-corrected chi connectivity index (χ2v) is 1.68. The Morgan fingerprint density at radius 1 is 1.38 bits per heavy atom. The number of allylic oxidation sites excluding steroid dienone is 3. The summed E-state index contributed by atoms with van der Waals surface area (Å²) in [5, 5.41) is 0. The Bertz CT molecular complexity index is 105. The van der Waals surface area contributed by atoms with Crippen molar-refractivity contribution < 1.29 is 4.79 Å². The smallest absolute Gasteiger partial charge is 0.123 e. The second kappa shape index (κ2) is 6.63. The van der Waals surface area contributed by atoms with Crippen LogP contribution in [0.1, 0.15) is 6.42 Å². The van der Waals surface area contributed by atoms with Gasteiger partial charge in [-0.25, -0.2) is 0 Å². The van der Waals surface area contributed by atoms with Crippen molar-refractivity contribution in [3.63, 3.8) is 0 Å². The first kappa shape index (κ1) is 7.63. The summed E-state index contributed by atoms with van der Waals surface area (Å²) >= 11 is 3.08. The average molecular weight is 175 g/mol. The Labute approximate surface area is 57.2 Å². The van der Waals surface area contributed by atoms with Gasteiger partial charge in [-0.2, -0.15) is 0 Å². The first-order valence-corrected chi connectivity index (χ1v) is 3.19. The lowest BCUT2D eigenvalue weighted by atomic mass is 10.4. The Hall–Kier alpha value is -0.370. The number of hydrogen-bond donors (Lipinski definition) is 0. The van der Waals surface area contributed by atoms with Gasteiger partial charge in [0.1, 0.15) is 6.29 Å². The summed E-state index contributed by atoms with van der Waals surface area (Å²) in [6.45, 7) is 0. The van der Waals surface area contributed by atoms with E-state index in [1.54, 1.807) is 11.1 Å². The molecule has 0 amide bonds. The normalized spacial score (nSPS) is 11.1. The fourth-order valence-corrected chi connectivity index (χ4v) is 0.431. The molecule has 0 aliphatic heterocycles. The molecule has 0 aliphatic rings. The lowest BCUT2D eigenvalue weighted by Gasteiger charge is -1.69. The molecular weight excluding hydrogens is 168 g/mol. The van der Waals surface area contributed by atoms with E-state index in [-0.39, 0.29) is 0 Å². The molecule has 0 atom stereocenters. The fourth-order valence-electron chi connectivity index (χ4n) is 0.255. The third-order valence-corrected chi connectivity index (χ3v) is 0.857. The van der Waals surface area contributed by atoms with Crippen molar-refractivity contribution >= 4 is 22.2 Å². The van der Waals surface area contributed by atoms with E-state index in [1.807, 2.05) is 12.2 Å². The molecule has 0 spiro atoms. The monoisotopic (exact) mass is 174 g/mol. The van der Waals surface area contributed by atoms with Crippen LogP contribution in [0.4, 0.5) is 0 Å². The molecule has 0 N–H and O–H groups in total. The van der Waals surface area contributed by atoms with E-state index < -0.39 is 0 Å². The van der Waals surface area contributed by atoms with Crippen molar-refractivity contribution in [2.45, 2.75) is 6.42 Å². The molecule has 0 radical (unpaired) electrons. The standard InChI is InChI=1S/C6H7BrO/c7-5-3-1-2-4-6-8/h1-3,5-6H,4H2. The van der Waals surface area contributed by atoms with E-state index in [0.717, 1.165) is 6.29 Å². The van der Waals surface area contributed by atoms with Gasteiger partial charge >= 0.3 is 0 Å². The maximum Gasteiger partial charge on any atom is 0.123 e. The lowest BCUT2D eigenvalue weighted by molar-refractivity contribution is -0.107. The Kier molecular flexibility index (Phi) is 6.32. The van der Waals surface area contributed by atoms with Gasteiger partial charge < -0.3 is 4.79 Å². The van der Waals surface area contributed by atoms with Gasteiger partial charge in [0.05, 0.1) is 0 Å². The molecule has 8 heavy (non-hydrogen) atoms. The zero-order valence-corrected chi connectivity index (χ0v) is 5.97. The molecule has 0 unspecified atom stereocenters. The molecular formula is C6H7BrO. The third-order valence-electron chi connectivity index (χ3n) is 0.552. The van der Waals surface area contributed by atoms with Gasteiger partial charge in [0.15, 0.2) is 0 Å². The van der Waals surface area contributed by atoms with Gasteiger partial charge in [0.25, 0.3) is 0 Å². The van der Waals surface area contributed by atoms with Crippen LogP contribution in [0.15, 0.2) is 23.2 Å². The van der Waals surface area contributed by atoms with Crippen molar-refractivity contribution in [3.8, 4) is 0 Å². The first-order chi connectivity index (χ1) is 3.91.